The highest BCUT2D eigenvalue weighted by molar-refractivity contribution is 5.78. The molecule has 3 fully saturated rings. The smallest absolute Gasteiger partial charge is 0.234 e. The molecule has 1 aliphatic carbocycles. The molecular weight excluding hydrogens is 296 g/mol. The normalized spacial score (nSPS) is 28.3. The molecular formula is C17H30N2O4. The van der Waals surface area contributed by atoms with Crippen LogP contribution in [0.15, 0.2) is 0 Å². The number of amides is 1. The first-order chi connectivity index (χ1) is 11.2. The summed E-state index contributed by atoms with van der Waals surface area (Å²) in [5.74, 6) is -0.242. The van der Waals surface area contributed by atoms with Crippen LogP contribution < -0.4 is 5.32 Å². The first-order valence-corrected chi connectivity index (χ1v) is 9.03. The average Bonchev–Trinajstić information content (AvgIpc) is 2.99. The zero-order chi connectivity index (χ0) is 16.1. The number of likely N-dealkylation sites (N-methyl/N-ethyl adjacent to an activating group) is 1. The summed E-state index contributed by atoms with van der Waals surface area (Å²) in [5.41, 5.74) is 0. The van der Waals surface area contributed by atoms with E-state index in [1.165, 1.54) is 6.42 Å². The van der Waals surface area contributed by atoms with E-state index in [1.54, 1.807) is 0 Å². The molecule has 1 unspecified atom stereocenters. The van der Waals surface area contributed by atoms with Gasteiger partial charge in [0.15, 0.2) is 5.79 Å². The molecule has 2 aliphatic heterocycles. The summed E-state index contributed by atoms with van der Waals surface area (Å²) in [4.78, 5) is 14.3. The molecule has 6 nitrogen and oxygen atoms in total. The highest BCUT2D eigenvalue weighted by Crippen LogP contribution is 2.35. The molecule has 2 heterocycles. The maximum Gasteiger partial charge on any atom is 0.234 e. The molecule has 1 amide bonds. The van der Waals surface area contributed by atoms with E-state index in [9.17, 15) is 4.79 Å². The minimum absolute atomic E-state index is 0.109. The van der Waals surface area contributed by atoms with E-state index < -0.39 is 0 Å². The Morgan fingerprint density at radius 2 is 1.87 bits per heavy atom. The van der Waals surface area contributed by atoms with Crippen molar-refractivity contribution in [1.82, 2.24) is 10.2 Å². The van der Waals surface area contributed by atoms with Crippen LogP contribution in [-0.2, 0) is 19.0 Å². The summed E-state index contributed by atoms with van der Waals surface area (Å²) in [7, 11) is 1.99. The summed E-state index contributed by atoms with van der Waals surface area (Å²) < 4.78 is 17.2. The molecule has 1 saturated carbocycles. The zero-order valence-electron chi connectivity index (χ0n) is 14.2. The monoisotopic (exact) mass is 326 g/mol. The van der Waals surface area contributed by atoms with Gasteiger partial charge < -0.3 is 19.5 Å². The summed E-state index contributed by atoms with van der Waals surface area (Å²) in [6.45, 7) is 3.53. The van der Waals surface area contributed by atoms with E-state index in [1.807, 2.05) is 7.05 Å². The Hall–Kier alpha value is -0.690. The van der Waals surface area contributed by atoms with Gasteiger partial charge in [-0.15, -0.1) is 0 Å². The first kappa shape index (κ1) is 17.1. The highest BCUT2D eigenvalue weighted by atomic mass is 16.7. The standard InChI is InChI=1S/C17H30N2O4/c1-19(12-15-4-2-3-9-21-15)13-16(20)18-14-5-7-17(8-6-14)22-10-11-23-17/h14-15H,2-13H2,1H3,(H,18,20). The van der Waals surface area contributed by atoms with Crippen molar-refractivity contribution in [2.45, 2.75) is 62.9 Å². The van der Waals surface area contributed by atoms with Gasteiger partial charge in [-0.3, -0.25) is 9.69 Å². The largest absolute Gasteiger partial charge is 0.377 e. The van der Waals surface area contributed by atoms with Crippen molar-refractivity contribution >= 4 is 5.91 Å². The Morgan fingerprint density at radius 1 is 1.13 bits per heavy atom. The molecule has 0 bridgehead atoms. The van der Waals surface area contributed by atoms with E-state index in [0.29, 0.717) is 19.8 Å². The second-order valence-electron chi connectivity index (χ2n) is 7.13. The van der Waals surface area contributed by atoms with E-state index in [0.717, 1.165) is 51.7 Å². The van der Waals surface area contributed by atoms with Gasteiger partial charge in [-0.05, 0) is 39.2 Å². The molecule has 3 rings (SSSR count). The van der Waals surface area contributed by atoms with Gasteiger partial charge in [0, 0.05) is 32.0 Å². The van der Waals surface area contributed by atoms with Gasteiger partial charge in [0.2, 0.25) is 5.91 Å². The van der Waals surface area contributed by atoms with Gasteiger partial charge in [-0.1, -0.05) is 0 Å². The lowest BCUT2D eigenvalue weighted by Crippen LogP contribution is -2.47. The molecule has 23 heavy (non-hydrogen) atoms. The summed E-state index contributed by atoms with van der Waals surface area (Å²) >= 11 is 0. The lowest BCUT2D eigenvalue weighted by molar-refractivity contribution is -0.180. The lowest BCUT2D eigenvalue weighted by atomic mass is 9.90. The van der Waals surface area contributed by atoms with Crippen LogP contribution >= 0.6 is 0 Å². The van der Waals surface area contributed by atoms with Crippen LogP contribution in [0, 0.1) is 0 Å². The molecule has 0 radical (unpaired) electrons. The molecule has 0 aromatic rings. The number of hydrogen-bond acceptors (Lipinski definition) is 5. The van der Waals surface area contributed by atoms with Gasteiger partial charge in [0.05, 0.1) is 25.9 Å². The first-order valence-electron chi connectivity index (χ1n) is 9.03. The number of ether oxygens (including phenoxy) is 3. The Kier molecular flexibility index (Phi) is 5.91. The van der Waals surface area contributed by atoms with Crippen LogP contribution in [0.2, 0.25) is 0 Å². The number of nitrogens with zero attached hydrogens (tertiary/aromatic N) is 1. The van der Waals surface area contributed by atoms with Gasteiger partial charge in [-0.2, -0.15) is 0 Å². The number of hydrogen-bond donors (Lipinski definition) is 1. The van der Waals surface area contributed by atoms with E-state index in [4.69, 9.17) is 14.2 Å². The molecule has 1 atom stereocenters. The Labute approximate surface area is 138 Å². The van der Waals surface area contributed by atoms with Crippen molar-refractivity contribution in [3.63, 3.8) is 0 Å². The Bertz CT molecular complexity index is 382. The van der Waals surface area contributed by atoms with Crippen molar-refractivity contribution in [3.8, 4) is 0 Å². The summed E-state index contributed by atoms with van der Waals surface area (Å²) in [5, 5.41) is 3.16. The van der Waals surface area contributed by atoms with Crippen molar-refractivity contribution in [1.29, 1.82) is 0 Å². The SMILES string of the molecule is CN(CC(=O)NC1CCC2(CC1)OCCO2)CC1CCCCO1. The van der Waals surface area contributed by atoms with Crippen LogP contribution in [0.4, 0.5) is 0 Å². The number of nitrogens with one attached hydrogen (secondary N) is 1. The van der Waals surface area contributed by atoms with E-state index in [-0.39, 0.29) is 23.8 Å². The zero-order valence-corrected chi connectivity index (χ0v) is 14.2. The quantitative estimate of drug-likeness (QED) is 0.825. The van der Waals surface area contributed by atoms with Gasteiger partial charge >= 0.3 is 0 Å². The average molecular weight is 326 g/mol. The van der Waals surface area contributed by atoms with Gasteiger partial charge in [0.25, 0.3) is 0 Å². The third kappa shape index (κ3) is 4.89. The topological polar surface area (TPSA) is 60.0 Å². The maximum absolute atomic E-state index is 12.2. The van der Waals surface area contributed by atoms with Crippen LogP contribution in [0.1, 0.15) is 44.9 Å². The second-order valence-corrected chi connectivity index (χ2v) is 7.13. The van der Waals surface area contributed by atoms with Crippen molar-refractivity contribution in [3.05, 3.63) is 0 Å². The van der Waals surface area contributed by atoms with E-state index >= 15 is 0 Å². The molecule has 6 heteroatoms. The minimum atomic E-state index is -0.351. The molecule has 1 N–H and O–H groups in total. The third-order valence-corrected chi connectivity index (χ3v) is 5.13. The predicted octanol–water partition coefficient (Wildman–Crippen LogP) is 1.29. The third-order valence-electron chi connectivity index (χ3n) is 5.13. The van der Waals surface area contributed by atoms with Crippen LogP contribution in [-0.4, -0.2) is 68.7 Å². The molecule has 2 saturated heterocycles. The fraction of sp³-hybridized carbons (Fsp3) is 0.941. The van der Waals surface area contributed by atoms with Crippen molar-refractivity contribution < 1.29 is 19.0 Å². The van der Waals surface area contributed by atoms with Crippen LogP contribution in [0.25, 0.3) is 0 Å². The molecule has 3 aliphatic rings. The minimum Gasteiger partial charge on any atom is -0.377 e. The molecule has 1 spiro atoms. The fourth-order valence-corrected chi connectivity index (χ4v) is 3.87. The molecule has 0 aromatic carbocycles. The van der Waals surface area contributed by atoms with Gasteiger partial charge in [0.1, 0.15) is 0 Å². The highest BCUT2D eigenvalue weighted by Gasteiger charge is 2.40. The van der Waals surface area contributed by atoms with Crippen LogP contribution in [0.5, 0.6) is 0 Å². The molecule has 132 valence electrons. The van der Waals surface area contributed by atoms with Crippen molar-refractivity contribution in [2.75, 3.05) is 40.0 Å². The maximum atomic E-state index is 12.2. The number of carbonyl (C=O) groups is 1. The van der Waals surface area contributed by atoms with Crippen LogP contribution in [0.3, 0.4) is 0 Å². The lowest BCUT2D eigenvalue weighted by Gasteiger charge is -2.35. The van der Waals surface area contributed by atoms with Crippen molar-refractivity contribution in [2.24, 2.45) is 0 Å². The summed E-state index contributed by atoms with van der Waals surface area (Å²) in [6, 6.07) is 0.250. The van der Waals surface area contributed by atoms with Gasteiger partial charge in [-0.25, -0.2) is 0 Å². The number of carbonyl (C=O) groups excluding carboxylic acids is 1. The Morgan fingerprint density at radius 3 is 2.52 bits per heavy atom. The predicted molar refractivity (Wildman–Crippen MR) is 86.1 cm³/mol. The fourth-order valence-electron chi connectivity index (χ4n) is 3.87. The molecule has 0 aromatic heterocycles. The summed E-state index contributed by atoms with van der Waals surface area (Å²) in [6.07, 6.45) is 7.41. The second kappa shape index (κ2) is 7.92. The Balaban J connectivity index is 1.34. The number of rotatable bonds is 5. The van der Waals surface area contributed by atoms with E-state index in [2.05, 4.69) is 10.2 Å².